The maximum atomic E-state index is 13.2. The molecule has 4 rings (SSSR count). The van der Waals surface area contributed by atoms with Crippen LogP contribution in [0.3, 0.4) is 0 Å². The Labute approximate surface area is 194 Å². The normalized spacial score (nSPS) is 17.1. The van der Waals surface area contributed by atoms with Gasteiger partial charge in [0.1, 0.15) is 0 Å². The zero-order chi connectivity index (χ0) is 24.5. The summed E-state index contributed by atoms with van der Waals surface area (Å²) in [5.74, 6) is -0.720. The van der Waals surface area contributed by atoms with E-state index in [4.69, 9.17) is 0 Å². The lowest BCUT2D eigenvalue weighted by Crippen LogP contribution is -2.50. The highest BCUT2D eigenvalue weighted by Gasteiger charge is 2.33. The number of non-ortho nitro benzene ring substituents is 1. The lowest BCUT2D eigenvalue weighted by atomic mass is 10.1. The molecule has 0 unspecified atom stereocenters. The third-order valence-electron chi connectivity index (χ3n) is 5.71. The van der Waals surface area contributed by atoms with Gasteiger partial charge >= 0.3 is 6.03 Å². The van der Waals surface area contributed by atoms with Gasteiger partial charge in [-0.05, 0) is 17.7 Å². The van der Waals surface area contributed by atoms with Crippen LogP contribution < -0.4 is 5.32 Å². The zero-order valence-electron chi connectivity index (χ0n) is 17.9. The summed E-state index contributed by atoms with van der Waals surface area (Å²) < 4.78 is 27.1. The molecule has 2 aliphatic heterocycles. The fourth-order valence-electron chi connectivity index (χ4n) is 3.86. The number of nitrogens with zero attached hydrogens (tertiary/aromatic N) is 4. The highest BCUT2D eigenvalue weighted by molar-refractivity contribution is 7.89. The molecule has 2 aromatic carbocycles. The topological polar surface area (TPSA) is 150 Å². The Kier molecular flexibility index (Phi) is 6.30. The van der Waals surface area contributed by atoms with Crippen LogP contribution in [-0.4, -0.2) is 78.0 Å². The van der Waals surface area contributed by atoms with E-state index >= 15 is 0 Å². The minimum absolute atomic E-state index is 0.0198. The van der Waals surface area contributed by atoms with Gasteiger partial charge in [-0.2, -0.15) is 4.31 Å². The van der Waals surface area contributed by atoms with Crippen LogP contribution in [0.4, 0.5) is 10.5 Å². The molecule has 0 atom stereocenters. The van der Waals surface area contributed by atoms with Crippen LogP contribution in [-0.2, 0) is 21.4 Å². The van der Waals surface area contributed by atoms with Gasteiger partial charge in [-0.25, -0.2) is 13.2 Å². The van der Waals surface area contributed by atoms with Gasteiger partial charge in [0.2, 0.25) is 15.9 Å². The third kappa shape index (κ3) is 4.47. The monoisotopic (exact) mass is 487 g/mol. The van der Waals surface area contributed by atoms with Crippen LogP contribution in [0.25, 0.3) is 0 Å². The van der Waals surface area contributed by atoms with E-state index in [1.807, 2.05) is 0 Å². The molecule has 0 saturated carbocycles. The van der Waals surface area contributed by atoms with Crippen molar-refractivity contribution in [1.82, 2.24) is 19.4 Å². The molecular formula is C21H21N5O7S. The molecule has 34 heavy (non-hydrogen) atoms. The summed E-state index contributed by atoms with van der Waals surface area (Å²) >= 11 is 0. The second-order valence-corrected chi connectivity index (χ2v) is 9.68. The number of piperazine rings is 1. The molecule has 0 aromatic heterocycles. The number of benzene rings is 2. The molecule has 0 spiro atoms. The fraction of sp³-hybridized carbons (Fsp3) is 0.286. The van der Waals surface area contributed by atoms with E-state index in [1.54, 1.807) is 24.3 Å². The van der Waals surface area contributed by atoms with Crippen LogP contribution in [0.1, 0.15) is 15.9 Å². The van der Waals surface area contributed by atoms with E-state index < -0.39 is 21.0 Å². The molecule has 2 aromatic rings. The molecule has 4 amide bonds. The van der Waals surface area contributed by atoms with Gasteiger partial charge in [0.15, 0.2) is 0 Å². The van der Waals surface area contributed by atoms with Crippen molar-refractivity contribution in [2.24, 2.45) is 0 Å². The van der Waals surface area contributed by atoms with Gasteiger partial charge in [-0.3, -0.25) is 24.6 Å². The summed E-state index contributed by atoms with van der Waals surface area (Å²) in [5.41, 5.74) is 0.506. The predicted molar refractivity (Wildman–Crippen MR) is 118 cm³/mol. The van der Waals surface area contributed by atoms with E-state index in [0.717, 1.165) is 11.0 Å². The lowest BCUT2D eigenvalue weighted by Gasteiger charge is -2.34. The summed E-state index contributed by atoms with van der Waals surface area (Å²) in [6, 6.07) is 11.0. The number of hydrogen-bond donors (Lipinski definition) is 1. The average Bonchev–Trinajstić information content (AvgIpc) is 3.16. The Balaban J connectivity index is 1.46. The second kappa shape index (κ2) is 9.19. The van der Waals surface area contributed by atoms with E-state index in [1.165, 1.54) is 27.4 Å². The molecule has 2 aliphatic rings. The number of imide groups is 1. The number of sulfonamides is 1. The predicted octanol–water partition coefficient (Wildman–Crippen LogP) is 0.793. The van der Waals surface area contributed by atoms with Gasteiger partial charge in [0.25, 0.3) is 11.6 Å². The molecule has 1 N–H and O–H groups in total. The first-order valence-electron chi connectivity index (χ1n) is 10.4. The number of nitrogens with one attached hydrogen (secondary N) is 1. The molecule has 0 aliphatic carbocycles. The molecule has 12 nitrogen and oxygen atoms in total. The Hall–Kier alpha value is -3.84. The van der Waals surface area contributed by atoms with Gasteiger partial charge in [0, 0.05) is 43.9 Å². The standard InChI is InChI=1S/C21H21N5O7S/c27-19-13-22-21(29)25(19)14-15-4-1-2-7-18(15)20(28)23-8-10-24(11-9-23)34(32,33)17-6-3-5-16(12-17)26(30)31/h1-7,12H,8-11,13-14H2,(H,22,29). The van der Waals surface area contributed by atoms with Gasteiger partial charge in [-0.15, -0.1) is 0 Å². The molecular weight excluding hydrogens is 466 g/mol. The van der Waals surface area contributed by atoms with Crippen LogP contribution >= 0.6 is 0 Å². The Morgan fingerprint density at radius 2 is 1.74 bits per heavy atom. The van der Waals surface area contributed by atoms with Crippen molar-refractivity contribution in [1.29, 1.82) is 0 Å². The second-order valence-electron chi connectivity index (χ2n) is 7.75. The maximum Gasteiger partial charge on any atom is 0.324 e. The highest BCUT2D eigenvalue weighted by atomic mass is 32.2. The number of urea groups is 1. The maximum absolute atomic E-state index is 13.2. The van der Waals surface area contributed by atoms with Crippen LogP contribution in [0.5, 0.6) is 0 Å². The number of rotatable bonds is 6. The van der Waals surface area contributed by atoms with Crippen molar-refractivity contribution in [3.05, 3.63) is 69.8 Å². The van der Waals surface area contributed by atoms with Crippen molar-refractivity contribution in [2.75, 3.05) is 32.7 Å². The molecule has 2 fully saturated rings. The molecule has 178 valence electrons. The van der Waals surface area contributed by atoms with E-state index in [2.05, 4.69) is 5.32 Å². The van der Waals surface area contributed by atoms with Crippen molar-refractivity contribution in [2.45, 2.75) is 11.4 Å². The minimum Gasteiger partial charge on any atom is -0.336 e. The van der Waals surface area contributed by atoms with Crippen molar-refractivity contribution in [3.8, 4) is 0 Å². The molecule has 2 heterocycles. The summed E-state index contributed by atoms with van der Waals surface area (Å²) in [4.78, 5) is 49.7. The number of amides is 4. The van der Waals surface area contributed by atoms with E-state index in [0.29, 0.717) is 11.1 Å². The number of hydrogen-bond acceptors (Lipinski definition) is 7. The van der Waals surface area contributed by atoms with Crippen LogP contribution in [0, 0.1) is 10.1 Å². The van der Waals surface area contributed by atoms with E-state index in [9.17, 15) is 32.9 Å². The van der Waals surface area contributed by atoms with Gasteiger partial charge in [-0.1, -0.05) is 24.3 Å². The van der Waals surface area contributed by atoms with E-state index in [-0.39, 0.29) is 61.7 Å². The average molecular weight is 487 g/mol. The quantitative estimate of drug-likeness (QED) is 0.359. The van der Waals surface area contributed by atoms with Crippen molar-refractivity contribution in [3.63, 3.8) is 0 Å². The first-order valence-corrected chi connectivity index (χ1v) is 11.8. The van der Waals surface area contributed by atoms with Crippen molar-refractivity contribution >= 4 is 33.6 Å². The number of nitro benzene ring substituents is 1. The number of carbonyl (C=O) groups is 3. The Morgan fingerprint density at radius 3 is 2.38 bits per heavy atom. The first-order chi connectivity index (χ1) is 16.2. The molecule has 2 saturated heterocycles. The van der Waals surface area contributed by atoms with Crippen LogP contribution in [0.2, 0.25) is 0 Å². The summed E-state index contributed by atoms with van der Waals surface area (Å²) in [6.07, 6.45) is 0. The minimum atomic E-state index is -3.97. The lowest BCUT2D eigenvalue weighted by molar-refractivity contribution is -0.385. The Bertz CT molecular complexity index is 1260. The number of nitro groups is 1. The largest absolute Gasteiger partial charge is 0.336 e. The summed E-state index contributed by atoms with van der Waals surface area (Å²) in [6.45, 7) is 0.135. The molecule has 0 bridgehead atoms. The third-order valence-corrected chi connectivity index (χ3v) is 7.60. The molecule has 13 heteroatoms. The summed E-state index contributed by atoms with van der Waals surface area (Å²) in [5, 5.41) is 13.4. The summed E-state index contributed by atoms with van der Waals surface area (Å²) in [7, 11) is -3.97. The fourth-order valence-corrected chi connectivity index (χ4v) is 5.32. The smallest absolute Gasteiger partial charge is 0.324 e. The molecule has 0 radical (unpaired) electrons. The zero-order valence-corrected chi connectivity index (χ0v) is 18.7. The SMILES string of the molecule is O=C(c1ccccc1CN1C(=O)CNC1=O)N1CCN(S(=O)(=O)c2cccc([N+](=O)[O-])c2)CC1. The number of carbonyl (C=O) groups excluding carboxylic acids is 3. The first kappa shape index (κ1) is 23.3. The van der Waals surface area contributed by atoms with Gasteiger partial charge in [0.05, 0.1) is 22.9 Å². The Morgan fingerprint density at radius 1 is 1.03 bits per heavy atom. The van der Waals surface area contributed by atoms with Gasteiger partial charge < -0.3 is 10.2 Å². The highest BCUT2D eigenvalue weighted by Crippen LogP contribution is 2.23. The van der Waals surface area contributed by atoms with Crippen molar-refractivity contribution < 1.29 is 27.7 Å². The van der Waals surface area contributed by atoms with Crippen LogP contribution in [0.15, 0.2) is 53.4 Å².